The van der Waals surface area contributed by atoms with Crippen molar-refractivity contribution in [3.05, 3.63) is 0 Å². The van der Waals surface area contributed by atoms with E-state index in [-0.39, 0.29) is 18.4 Å². The Hall–Kier alpha value is -1.14. The second-order valence-electron chi connectivity index (χ2n) is 4.18. The van der Waals surface area contributed by atoms with Gasteiger partial charge in [-0.15, -0.1) is 0 Å². The van der Waals surface area contributed by atoms with Crippen LogP contribution in [0.3, 0.4) is 0 Å². The molecule has 0 bridgehead atoms. The maximum atomic E-state index is 11.5. The maximum Gasteiger partial charge on any atom is 0.239 e. The molecule has 0 radical (unpaired) electrons. The standard InChI is InChI=1S/C11H21N3O3/c1-17-5-4-13-11(16)8-14-10(15)6-9-2-3-12-7-9/h9,12H,2-8H2,1H3,(H,13,16)(H,14,15). The molecule has 1 fully saturated rings. The summed E-state index contributed by atoms with van der Waals surface area (Å²) in [6.45, 7) is 2.87. The molecule has 6 heteroatoms. The summed E-state index contributed by atoms with van der Waals surface area (Å²) < 4.78 is 4.80. The molecule has 1 unspecified atom stereocenters. The third-order valence-electron chi connectivity index (χ3n) is 2.71. The molecule has 17 heavy (non-hydrogen) atoms. The lowest BCUT2D eigenvalue weighted by Crippen LogP contribution is -2.38. The van der Waals surface area contributed by atoms with Crippen molar-refractivity contribution >= 4 is 11.8 Å². The third kappa shape index (κ3) is 6.23. The van der Waals surface area contributed by atoms with Crippen LogP contribution in [0.1, 0.15) is 12.8 Å². The first kappa shape index (κ1) is 13.9. The number of amides is 2. The van der Waals surface area contributed by atoms with Gasteiger partial charge < -0.3 is 20.7 Å². The molecule has 1 aliphatic rings. The Labute approximate surface area is 101 Å². The number of hydrogen-bond donors (Lipinski definition) is 3. The highest BCUT2D eigenvalue weighted by Gasteiger charge is 2.18. The fourth-order valence-electron chi connectivity index (χ4n) is 1.76. The minimum Gasteiger partial charge on any atom is -0.383 e. The minimum absolute atomic E-state index is 0.0443. The zero-order chi connectivity index (χ0) is 12.5. The molecule has 0 aromatic carbocycles. The van der Waals surface area contributed by atoms with E-state index in [0.29, 0.717) is 25.5 Å². The van der Waals surface area contributed by atoms with E-state index in [9.17, 15) is 9.59 Å². The van der Waals surface area contributed by atoms with Crippen molar-refractivity contribution in [3.63, 3.8) is 0 Å². The van der Waals surface area contributed by atoms with Crippen LogP contribution in [0.5, 0.6) is 0 Å². The van der Waals surface area contributed by atoms with Gasteiger partial charge in [-0.05, 0) is 25.4 Å². The van der Waals surface area contributed by atoms with Gasteiger partial charge in [0.05, 0.1) is 13.2 Å². The summed E-state index contributed by atoms with van der Waals surface area (Å²) in [5, 5.41) is 8.46. The summed E-state index contributed by atoms with van der Waals surface area (Å²) in [5.74, 6) is 0.173. The Morgan fingerprint density at radius 1 is 1.35 bits per heavy atom. The van der Waals surface area contributed by atoms with Gasteiger partial charge in [-0.1, -0.05) is 0 Å². The summed E-state index contributed by atoms with van der Waals surface area (Å²) in [6, 6.07) is 0. The van der Waals surface area contributed by atoms with Gasteiger partial charge in [0.25, 0.3) is 0 Å². The molecule has 1 saturated heterocycles. The van der Waals surface area contributed by atoms with Crippen molar-refractivity contribution in [1.82, 2.24) is 16.0 Å². The van der Waals surface area contributed by atoms with Gasteiger partial charge in [-0.2, -0.15) is 0 Å². The fourth-order valence-corrected chi connectivity index (χ4v) is 1.76. The van der Waals surface area contributed by atoms with Crippen LogP contribution >= 0.6 is 0 Å². The van der Waals surface area contributed by atoms with Gasteiger partial charge in [-0.3, -0.25) is 9.59 Å². The molecular weight excluding hydrogens is 222 g/mol. The zero-order valence-electron chi connectivity index (χ0n) is 10.3. The van der Waals surface area contributed by atoms with Gasteiger partial charge in [-0.25, -0.2) is 0 Å². The van der Waals surface area contributed by atoms with Crippen molar-refractivity contribution in [2.24, 2.45) is 5.92 Å². The average Bonchev–Trinajstić information content (AvgIpc) is 2.79. The number of nitrogens with one attached hydrogen (secondary N) is 3. The highest BCUT2D eigenvalue weighted by Crippen LogP contribution is 2.11. The van der Waals surface area contributed by atoms with Gasteiger partial charge in [0.2, 0.25) is 11.8 Å². The molecule has 0 aromatic rings. The topological polar surface area (TPSA) is 79.5 Å². The van der Waals surface area contributed by atoms with Crippen LogP contribution in [0.25, 0.3) is 0 Å². The summed E-state index contributed by atoms with van der Waals surface area (Å²) in [7, 11) is 1.57. The Bertz CT molecular complexity index is 252. The van der Waals surface area contributed by atoms with E-state index in [2.05, 4.69) is 16.0 Å². The number of hydrogen-bond acceptors (Lipinski definition) is 4. The van der Waals surface area contributed by atoms with E-state index in [1.807, 2.05) is 0 Å². The molecule has 1 rings (SSSR count). The maximum absolute atomic E-state index is 11.5. The van der Waals surface area contributed by atoms with Crippen molar-refractivity contribution in [1.29, 1.82) is 0 Å². The molecular formula is C11H21N3O3. The van der Waals surface area contributed by atoms with Gasteiger partial charge in [0, 0.05) is 20.1 Å². The average molecular weight is 243 g/mol. The van der Waals surface area contributed by atoms with Gasteiger partial charge in [0.15, 0.2) is 0 Å². The van der Waals surface area contributed by atoms with Crippen LogP contribution in [0.2, 0.25) is 0 Å². The largest absolute Gasteiger partial charge is 0.383 e. The summed E-state index contributed by atoms with van der Waals surface area (Å²) in [4.78, 5) is 22.8. The molecule has 3 N–H and O–H groups in total. The SMILES string of the molecule is COCCNC(=O)CNC(=O)CC1CCNC1. The van der Waals surface area contributed by atoms with Crippen LogP contribution < -0.4 is 16.0 Å². The quantitative estimate of drug-likeness (QED) is 0.494. The predicted molar refractivity (Wildman–Crippen MR) is 63.5 cm³/mol. The highest BCUT2D eigenvalue weighted by molar-refractivity contribution is 5.84. The zero-order valence-corrected chi connectivity index (χ0v) is 10.3. The number of carbonyl (C=O) groups is 2. The predicted octanol–water partition coefficient (Wildman–Crippen LogP) is -1.14. The lowest BCUT2D eigenvalue weighted by atomic mass is 10.0. The number of ether oxygens (including phenoxy) is 1. The van der Waals surface area contributed by atoms with Gasteiger partial charge in [0.1, 0.15) is 0 Å². The van der Waals surface area contributed by atoms with Crippen molar-refractivity contribution in [2.45, 2.75) is 12.8 Å². The van der Waals surface area contributed by atoms with Crippen LogP contribution in [0, 0.1) is 5.92 Å². The molecule has 0 aliphatic carbocycles. The second kappa shape index (κ2) is 8.03. The molecule has 6 nitrogen and oxygen atoms in total. The monoisotopic (exact) mass is 243 g/mol. The fraction of sp³-hybridized carbons (Fsp3) is 0.818. The number of rotatable bonds is 7. The molecule has 1 heterocycles. The van der Waals surface area contributed by atoms with Crippen molar-refractivity contribution in [3.8, 4) is 0 Å². The van der Waals surface area contributed by atoms with Crippen LogP contribution in [-0.4, -0.2) is 51.7 Å². The first-order chi connectivity index (χ1) is 8.22. The lowest BCUT2D eigenvalue weighted by molar-refractivity contribution is -0.126. The lowest BCUT2D eigenvalue weighted by Gasteiger charge is -2.09. The Balaban J connectivity index is 2.04. The molecule has 1 atom stereocenters. The Morgan fingerprint density at radius 2 is 2.18 bits per heavy atom. The van der Waals surface area contributed by atoms with Crippen LogP contribution in [-0.2, 0) is 14.3 Å². The van der Waals surface area contributed by atoms with E-state index < -0.39 is 0 Å². The first-order valence-corrected chi connectivity index (χ1v) is 5.95. The van der Waals surface area contributed by atoms with E-state index in [1.165, 1.54) is 0 Å². The number of methoxy groups -OCH3 is 1. The summed E-state index contributed by atoms with van der Waals surface area (Å²) in [5.41, 5.74) is 0. The van der Waals surface area contributed by atoms with E-state index in [4.69, 9.17) is 4.74 Å². The highest BCUT2D eigenvalue weighted by atomic mass is 16.5. The molecule has 0 aromatic heterocycles. The number of carbonyl (C=O) groups excluding carboxylic acids is 2. The molecule has 0 saturated carbocycles. The van der Waals surface area contributed by atoms with E-state index in [0.717, 1.165) is 19.5 Å². The first-order valence-electron chi connectivity index (χ1n) is 5.95. The Morgan fingerprint density at radius 3 is 2.82 bits per heavy atom. The smallest absolute Gasteiger partial charge is 0.239 e. The molecule has 2 amide bonds. The second-order valence-corrected chi connectivity index (χ2v) is 4.18. The third-order valence-corrected chi connectivity index (χ3v) is 2.71. The van der Waals surface area contributed by atoms with E-state index >= 15 is 0 Å². The van der Waals surface area contributed by atoms with Gasteiger partial charge >= 0.3 is 0 Å². The minimum atomic E-state index is -0.181. The van der Waals surface area contributed by atoms with E-state index in [1.54, 1.807) is 7.11 Å². The molecule has 98 valence electrons. The summed E-state index contributed by atoms with van der Waals surface area (Å²) >= 11 is 0. The van der Waals surface area contributed by atoms with Crippen molar-refractivity contribution in [2.75, 3.05) is 39.9 Å². The van der Waals surface area contributed by atoms with Crippen LogP contribution in [0.4, 0.5) is 0 Å². The summed E-state index contributed by atoms with van der Waals surface area (Å²) in [6.07, 6.45) is 1.53. The molecule has 1 aliphatic heterocycles. The normalized spacial score (nSPS) is 19.0. The molecule has 0 spiro atoms. The van der Waals surface area contributed by atoms with Crippen molar-refractivity contribution < 1.29 is 14.3 Å². The Kier molecular flexibility index (Phi) is 6.57. The van der Waals surface area contributed by atoms with Crippen LogP contribution in [0.15, 0.2) is 0 Å².